The van der Waals surface area contributed by atoms with Gasteiger partial charge in [-0.25, -0.2) is 9.59 Å². The molecule has 1 amide bonds. The van der Waals surface area contributed by atoms with E-state index in [1.54, 1.807) is 76.5 Å². The minimum atomic E-state index is -1.25. The van der Waals surface area contributed by atoms with Crippen LogP contribution in [0.2, 0.25) is 0 Å². The van der Waals surface area contributed by atoms with Crippen molar-refractivity contribution in [3.8, 4) is 11.5 Å². The van der Waals surface area contributed by atoms with Crippen molar-refractivity contribution >= 4 is 23.3 Å². The van der Waals surface area contributed by atoms with Crippen LogP contribution in [0.1, 0.15) is 39.8 Å². The lowest BCUT2D eigenvalue weighted by Gasteiger charge is -2.33. The monoisotopic (exact) mass is 425 g/mol. The fourth-order valence-corrected chi connectivity index (χ4v) is 3.28. The topological polar surface area (TPSA) is 104 Å². The van der Waals surface area contributed by atoms with Gasteiger partial charge in [-0.15, -0.1) is 0 Å². The molecule has 1 aromatic heterocycles. The van der Waals surface area contributed by atoms with E-state index in [0.29, 0.717) is 28.5 Å². The van der Waals surface area contributed by atoms with E-state index >= 15 is 0 Å². The summed E-state index contributed by atoms with van der Waals surface area (Å²) in [6, 6.07) is 10.5. The SMILES string of the molecule is COC(=O)C1(C)CC(c2cc(Oc3cccc(N)c3)ccn2)=CN1C(=O)OC(C)(C)C. The van der Waals surface area contributed by atoms with Gasteiger partial charge in [0.05, 0.1) is 12.8 Å². The van der Waals surface area contributed by atoms with Gasteiger partial charge in [0, 0.05) is 36.6 Å². The predicted octanol–water partition coefficient (Wildman–Crippen LogP) is 4.37. The van der Waals surface area contributed by atoms with Crippen molar-refractivity contribution in [2.75, 3.05) is 12.8 Å². The van der Waals surface area contributed by atoms with Crippen LogP contribution in [0.4, 0.5) is 10.5 Å². The van der Waals surface area contributed by atoms with E-state index in [-0.39, 0.29) is 6.42 Å². The first-order valence-corrected chi connectivity index (χ1v) is 9.83. The molecule has 8 nitrogen and oxygen atoms in total. The van der Waals surface area contributed by atoms with Crippen LogP contribution in [0.15, 0.2) is 48.8 Å². The Kier molecular flexibility index (Phi) is 5.92. The second-order valence-corrected chi connectivity index (χ2v) is 8.50. The predicted molar refractivity (Wildman–Crippen MR) is 116 cm³/mol. The smallest absolute Gasteiger partial charge is 0.415 e. The number of amides is 1. The van der Waals surface area contributed by atoms with Crippen molar-refractivity contribution in [2.45, 2.75) is 45.3 Å². The summed E-state index contributed by atoms with van der Waals surface area (Å²) in [5.74, 6) is 0.594. The summed E-state index contributed by atoms with van der Waals surface area (Å²) in [6.07, 6.45) is 2.76. The van der Waals surface area contributed by atoms with Gasteiger partial charge in [0.2, 0.25) is 0 Å². The van der Waals surface area contributed by atoms with Gasteiger partial charge in [-0.2, -0.15) is 0 Å². The van der Waals surface area contributed by atoms with Crippen LogP contribution >= 0.6 is 0 Å². The van der Waals surface area contributed by atoms with Crippen molar-refractivity contribution in [1.82, 2.24) is 9.88 Å². The first-order valence-electron chi connectivity index (χ1n) is 9.83. The number of carbonyl (C=O) groups excluding carboxylic acids is 2. The molecule has 2 N–H and O–H groups in total. The van der Waals surface area contributed by atoms with E-state index in [9.17, 15) is 9.59 Å². The third kappa shape index (κ3) is 4.96. The molecule has 0 radical (unpaired) electrons. The molecule has 164 valence electrons. The summed E-state index contributed by atoms with van der Waals surface area (Å²) in [5, 5.41) is 0. The zero-order valence-corrected chi connectivity index (χ0v) is 18.3. The van der Waals surface area contributed by atoms with Crippen LogP contribution in [0.25, 0.3) is 5.57 Å². The van der Waals surface area contributed by atoms with E-state index in [1.165, 1.54) is 12.0 Å². The number of esters is 1. The Morgan fingerprint density at radius 1 is 1.16 bits per heavy atom. The van der Waals surface area contributed by atoms with Gasteiger partial charge in [0.1, 0.15) is 22.6 Å². The molecule has 2 heterocycles. The summed E-state index contributed by atoms with van der Waals surface area (Å²) in [4.78, 5) is 31.0. The molecule has 1 unspecified atom stereocenters. The molecule has 0 fully saturated rings. The van der Waals surface area contributed by atoms with E-state index in [0.717, 1.165) is 0 Å². The van der Waals surface area contributed by atoms with Crippen molar-refractivity contribution in [3.05, 3.63) is 54.5 Å². The number of aromatic nitrogens is 1. The van der Waals surface area contributed by atoms with Gasteiger partial charge >= 0.3 is 12.1 Å². The molecule has 1 aromatic carbocycles. The number of nitrogen functional groups attached to an aromatic ring is 1. The molecule has 1 aliphatic rings. The number of pyridine rings is 1. The van der Waals surface area contributed by atoms with E-state index in [1.807, 2.05) is 0 Å². The summed E-state index contributed by atoms with van der Waals surface area (Å²) in [7, 11) is 1.29. The van der Waals surface area contributed by atoms with Crippen molar-refractivity contribution < 1.29 is 23.8 Å². The van der Waals surface area contributed by atoms with Gasteiger partial charge in [-0.3, -0.25) is 9.88 Å². The number of nitrogens with two attached hydrogens (primary N) is 1. The van der Waals surface area contributed by atoms with Gasteiger partial charge in [-0.1, -0.05) is 6.07 Å². The average Bonchev–Trinajstić information content (AvgIpc) is 3.05. The molecule has 0 spiro atoms. The number of hydrogen-bond acceptors (Lipinski definition) is 7. The highest BCUT2D eigenvalue weighted by atomic mass is 16.6. The second kappa shape index (κ2) is 8.29. The molecule has 1 atom stereocenters. The largest absolute Gasteiger partial charge is 0.467 e. The molecule has 0 saturated heterocycles. The lowest BCUT2D eigenvalue weighted by atomic mass is 9.94. The highest BCUT2D eigenvalue weighted by Gasteiger charge is 2.49. The van der Waals surface area contributed by atoms with Crippen LogP contribution in [0.5, 0.6) is 11.5 Å². The minimum Gasteiger partial charge on any atom is -0.467 e. The maximum Gasteiger partial charge on any atom is 0.415 e. The Morgan fingerprint density at radius 3 is 2.52 bits per heavy atom. The molecule has 0 bridgehead atoms. The quantitative estimate of drug-likeness (QED) is 0.573. The molecule has 8 heteroatoms. The zero-order valence-electron chi connectivity index (χ0n) is 18.3. The molecule has 0 aliphatic carbocycles. The van der Waals surface area contributed by atoms with Gasteiger partial charge in [0.15, 0.2) is 0 Å². The normalized spacial score (nSPS) is 18.4. The van der Waals surface area contributed by atoms with Crippen molar-refractivity contribution in [1.29, 1.82) is 0 Å². The molecule has 0 saturated carbocycles. The fraction of sp³-hybridized carbons (Fsp3) is 0.348. The lowest BCUT2D eigenvalue weighted by molar-refractivity contribution is -0.151. The second-order valence-electron chi connectivity index (χ2n) is 8.50. The average molecular weight is 425 g/mol. The highest BCUT2D eigenvalue weighted by Crippen LogP contribution is 2.39. The lowest BCUT2D eigenvalue weighted by Crippen LogP contribution is -2.51. The fourth-order valence-electron chi connectivity index (χ4n) is 3.28. The number of nitrogens with zero attached hydrogens (tertiary/aromatic N) is 2. The van der Waals surface area contributed by atoms with Crippen molar-refractivity contribution in [3.63, 3.8) is 0 Å². The number of carbonyl (C=O) groups is 2. The number of rotatable bonds is 4. The number of benzene rings is 1. The van der Waals surface area contributed by atoms with Gasteiger partial charge in [0.25, 0.3) is 0 Å². The Bertz CT molecular complexity index is 1030. The molecular formula is C23H27N3O5. The summed E-state index contributed by atoms with van der Waals surface area (Å²) < 4.78 is 16.3. The van der Waals surface area contributed by atoms with Crippen LogP contribution in [-0.4, -0.2) is 40.2 Å². The Balaban J connectivity index is 1.91. The van der Waals surface area contributed by atoms with Crippen LogP contribution < -0.4 is 10.5 Å². The molecule has 1 aliphatic heterocycles. The van der Waals surface area contributed by atoms with Gasteiger partial charge < -0.3 is 19.9 Å². The van der Waals surface area contributed by atoms with Crippen LogP contribution in [-0.2, 0) is 14.3 Å². The number of ether oxygens (including phenoxy) is 3. The van der Waals surface area contributed by atoms with Crippen molar-refractivity contribution in [2.24, 2.45) is 0 Å². The Hall–Kier alpha value is -3.55. The molecule has 31 heavy (non-hydrogen) atoms. The third-order valence-corrected chi connectivity index (χ3v) is 4.72. The number of anilines is 1. The summed E-state index contributed by atoms with van der Waals surface area (Å²) in [5.41, 5.74) is 5.68. The van der Waals surface area contributed by atoms with E-state index in [4.69, 9.17) is 19.9 Å². The standard InChI is InChI=1S/C23H27N3O5/c1-22(2,3)31-21(28)26-14-15(13-23(26,4)20(27)29-5)19-12-18(9-10-25-19)30-17-8-6-7-16(24)11-17/h6-12,14H,13,24H2,1-5H3. The van der Waals surface area contributed by atoms with E-state index in [2.05, 4.69) is 4.98 Å². The molecule has 2 aromatic rings. The number of methoxy groups -OCH3 is 1. The first kappa shape index (κ1) is 22.1. The Morgan fingerprint density at radius 2 is 1.87 bits per heavy atom. The maximum atomic E-state index is 12.8. The van der Waals surface area contributed by atoms with Crippen LogP contribution in [0, 0.1) is 0 Å². The Labute approximate surface area is 181 Å². The van der Waals surface area contributed by atoms with Gasteiger partial charge in [-0.05, 0) is 51.5 Å². The molecule has 3 rings (SSSR count). The summed E-state index contributed by atoms with van der Waals surface area (Å²) in [6.45, 7) is 6.93. The van der Waals surface area contributed by atoms with Crippen LogP contribution in [0.3, 0.4) is 0 Å². The third-order valence-electron chi connectivity index (χ3n) is 4.72. The zero-order chi connectivity index (χ0) is 22.8. The first-order chi connectivity index (χ1) is 14.5. The minimum absolute atomic E-state index is 0.216. The highest BCUT2D eigenvalue weighted by molar-refractivity contribution is 5.91. The molecular weight excluding hydrogens is 398 g/mol. The van der Waals surface area contributed by atoms with E-state index < -0.39 is 23.2 Å². The number of hydrogen-bond donors (Lipinski definition) is 1. The summed E-state index contributed by atoms with van der Waals surface area (Å²) >= 11 is 0. The maximum absolute atomic E-state index is 12.8.